The molecule has 5 rings (SSSR count). The molecule has 4 nitrogen and oxygen atoms in total. The van der Waals surface area contributed by atoms with Gasteiger partial charge in [-0.25, -0.2) is 0 Å². The molecular weight excluding hydrogens is 376 g/mol. The van der Waals surface area contributed by atoms with Gasteiger partial charge in [-0.3, -0.25) is 0 Å². The van der Waals surface area contributed by atoms with Gasteiger partial charge >= 0.3 is 0 Å². The molecule has 5 aromatic rings. The monoisotopic (exact) mass is 398 g/mol. The van der Waals surface area contributed by atoms with E-state index in [1.54, 1.807) is 28.4 Å². The van der Waals surface area contributed by atoms with E-state index in [0.717, 1.165) is 44.5 Å². The van der Waals surface area contributed by atoms with E-state index in [9.17, 15) is 0 Å². The summed E-state index contributed by atoms with van der Waals surface area (Å²) < 4.78 is 22.3. The Morgan fingerprint density at radius 3 is 1.40 bits per heavy atom. The fourth-order valence-electron chi connectivity index (χ4n) is 4.51. The van der Waals surface area contributed by atoms with Crippen molar-refractivity contribution in [2.24, 2.45) is 0 Å². The number of rotatable bonds is 4. The van der Waals surface area contributed by atoms with Crippen molar-refractivity contribution in [1.82, 2.24) is 0 Å². The second-order valence-electron chi connectivity index (χ2n) is 7.18. The summed E-state index contributed by atoms with van der Waals surface area (Å²) in [6, 6.07) is 21.0. The lowest BCUT2D eigenvalue weighted by molar-refractivity contribution is 0.358. The van der Waals surface area contributed by atoms with Gasteiger partial charge < -0.3 is 18.9 Å². The van der Waals surface area contributed by atoms with Gasteiger partial charge in [0.05, 0.1) is 28.4 Å². The maximum absolute atomic E-state index is 5.68. The van der Waals surface area contributed by atoms with Crippen LogP contribution in [0, 0.1) is 0 Å². The SMILES string of the molecule is COc1ccc2c(ccc3c2ccc2ccc4c(OC)c(OC)ccc4c23)c1OC. The zero-order valence-corrected chi connectivity index (χ0v) is 17.4. The van der Waals surface area contributed by atoms with E-state index in [1.165, 1.54) is 21.5 Å². The van der Waals surface area contributed by atoms with Crippen LogP contribution >= 0.6 is 0 Å². The van der Waals surface area contributed by atoms with Crippen LogP contribution in [0.15, 0.2) is 60.7 Å². The molecule has 0 aliphatic carbocycles. The van der Waals surface area contributed by atoms with Crippen molar-refractivity contribution < 1.29 is 18.9 Å². The third-order valence-corrected chi connectivity index (χ3v) is 5.85. The summed E-state index contributed by atoms with van der Waals surface area (Å²) in [5, 5.41) is 9.06. The van der Waals surface area contributed by atoms with Gasteiger partial charge in [-0.2, -0.15) is 0 Å². The quantitative estimate of drug-likeness (QED) is 0.331. The highest BCUT2D eigenvalue weighted by Gasteiger charge is 2.15. The van der Waals surface area contributed by atoms with Crippen LogP contribution < -0.4 is 18.9 Å². The summed E-state index contributed by atoms with van der Waals surface area (Å²) in [7, 11) is 6.67. The van der Waals surface area contributed by atoms with Gasteiger partial charge in [0.2, 0.25) is 0 Å². The highest BCUT2D eigenvalue weighted by Crippen LogP contribution is 2.43. The Morgan fingerprint density at radius 2 is 0.800 bits per heavy atom. The minimum atomic E-state index is 0.729. The predicted octanol–water partition coefficient (Wildman–Crippen LogP) is 6.33. The molecule has 0 saturated heterocycles. The molecular formula is C26H22O4. The highest BCUT2D eigenvalue weighted by atomic mass is 16.5. The van der Waals surface area contributed by atoms with Gasteiger partial charge in [-0.05, 0) is 68.7 Å². The van der Waals surface area contributed by atoms with Gasteiger partial charge in [0.1, 0.15) is 0 Å². The first-order chi connectivity index (χ1) is 14.7. The zero-order valence-electron chi connectivity index (χ0n) is 17.4. The fourth-order valence-corrected chi connectivity index (χ4v) is 4.51. The molecule has 0 heterocycles. The molecule has 0 aliphatic heterocycles. The summed E-state index contributed by atoms with van der Waals surface area (Å²) >= 11 is 0. The molecule has 4 heteroatoms. The van der Waals surface area contributed by atoms with Crippen molar-refractivity contribution >= 4 is 43.1 Å². The van der Waals surface area contributed by atoms with Crippen LogP contribution in [0.25, 0.3) is 43.1 Å². The molecule has 0 bridgehead atoms. The van der Waals surface area contributed by atoms with Crippen LogP contribution in [0.5, 0.6) is 23.0 Å². The van der Waals surface area contributed by atoms with E-state index in [2.05, 4.69) is 48.5 Å². The summed E-state index contributed by atoms with van der Waals surface area (Å²) in [5.41, 5.74) is 0. The number of methoxy groups -OCH3 is 4. The van der Waals surface area contributed by atoms with Crippen molar-refractivity contribution in [1.29, 1.82) is 0 Å². The lowest BCUT2D eigenvalue weighted by Gasteiger charge is -2.15. The van der Waals surface area contributed by atoms with Crippen LogP contribution in [0.3, 0.4) is 0 Å². The fraction of sp³-hybridized carbons (Fsp3) is 0.154. The molecule has 5 aromatic carbocycles. The number of benzene rings is 5. The van der Waals surface area contributed by atoms with E-state index in [1.807, 2.05) is 12.1 Å². The zero-order chi connectivity index (χ0) is 20.8. The summed E-state index contributed by atoms with van der Waals surface area (Å²) in [5.74, 6) is 2.96. The normalized spacial score (nSPS) is 11.3. The Bertz CT molecular complexity index is 1440. The summed E-state index contributed by atoms with van der Waals surface area (Å²) in [6.45, 7) is 0. The van der Waals surface area contributed by atoms with Gasteiger partial charge in [0, 0.05) is 10.8 Å². The average Bonchev–Trinajstić information content (AvgIpc) is 2.81. The van der Waals surface area contributed by atoms with Crippen molar-refractivity contribution in [2.45, 2.75) is 0 Å². The Hall–Kier alpha value is -3.66. The van der Waals surface area contributed by atoms with Crippen molar-refractivity contribution in [2.75, 3.05) is 28.4 Å². The first-order valence-corrected chi connectivity index (χ1v) is 9.75. The molecule has 0 aliphatic rings. The van der Waals surface area contributed by atoms with Crippen LogP contribution in [0.4, 0.5) is 0 Å². The van der Waals surface area contributed by atoms with Gasteiger partial charge in [0.25, 0.3) is 0 Å². The number of ether oxygens (including phenoxy) is 4. The molecule has 150 valence electrons. The Kier molecular flexibility index (Phi) is 4.28. The molecule has 0 spiro atoms. The van der Waals surface area contributed by atoms with E-state index in [0.29, 0.717) is 0 Å². The molecule has 0 aromatic heterocycles. The lowest BCUT2D eigenvalue weighted by atomic mass is 9.93. The molecule has 0 saturated carbocycles. The molecule has 0 fully saturated rings. The third-order valence-electron chi connectivity index (χ3n) is 5.85. The number of hydrogen-bond donors (Lipinski definition) is 0. The summed E-state index contributed by atoms with van der Waals surface area (Å²) in [6.07, 6.45) is 0. The highest BCUT2D eigenvalue weighted by molar-refractivity contribution is 6.25. The minimum absolute atomic E-state index is 0.729. The third kappa shape index (κ3) is 2.47. The lowest BCUT2D eigenvalue weighted by Crippen LogP contribution is -1.93. The largest absolute Gasteiger partial charge is 0.493 e. The van der Waals surface area contributed by atoms with Crippen LogP contribution in [0.2, 0.25) is 0 Å². The van der Waals surface area contributed by atoms with Crippen molar-refractivity contribution in [3.8, 4) is 23.0 Å². The Balaban J connectivity index is 1.95. The molecule has 30 heavy (non-hydrogen) atoms. The first kappa shape index (κ1) is 18.4. The van der Waals surface area contributed by atoms with Crippen molar-refractivity contribution in [3.63, 3.8) is 0 Å². The average molecular weight is 398 g/mol. The smallest absolute Gasteiger partial charge is 0.168 e. The first-order valence-electron chi connectivity index (χ1n) is 9.75. The van der Waals surface area contributed by atoms with Gasteiger partial charge in [-0.1, -0.05) is 24.3 Å². The van der Waals surface area contributed by atoms with E-state index in [4.69, 9.17) is 18.9 Å². The molecule has 0 atom stereocenters. The molecule has 0 amide bonds. The standard InChI is InChI=1S/C26H22O4/c1-27-22-13-11-17-16-7-5-15-6-8-21-19(12-14-23(28-2)26(21)30-4)24(15)18(16)9-10-20(17)25(22)29-3/h5-14H,1-4H3. The van der Waals surface area contributed by atoms with Gasteiger partial charge in [0.15, 0.2) is 23.0 Å². The van der Waals surface area contributed by atoms with Crippen LogP contribution in [-0.2, 0) is 0 Å². The summed E-state index contributed by atoms with van der Waals surface area (Å²) in [4.78, 5) is 0. The van der Waals surface area contributed by atoms with Crippen LogP contribution in [-0.4, -0.2) is 28.4 Å². The molecule has 0 radical (unpaired) electrons. The molecule has 0 unspecified atom stereocenters. The van der Waals surface area contributed by atoms with E-state index < -0.39 is 0 Å². The second-order valence-corrected chi connectivity index (χ2v) is 7.18. The van der Waals surface area contributed by atoms with E-state index >= 15 is 0 Å². The van der Waals surface area contributed by atoms with Crippen molar-refractivity contribution in [3.05, 3.63) is 60.7 Å². The Morgan fingerprint density at radius 1 is 0.400 bits per heavy atom. The topological polar surface area (TPSA) is 36.9 Å². The maximum atomic E-state index is 5.68. The second kappa shape index (κ2) is 6.99. The Labute approximate surface area is 174 Å². The van der Waals surface area contributed by atoms with Gasteiger partial charge in [-0.15, -0.1) is 0 Å². The maximum Gasteiger partial charge on any atom is 0.168 e. The number of hydrogen-bond acceptors (Lipinski definition) is 4. The van der Waals surface area contributed by atoms with Crippen LogP contribution in [0.1, 0.15) is 0 Å². The molecule has 0 N–H and O–H groups in total. The van der Waals surface area contributed by atoms with E-state index in [-0.39, 0.29) is 0 Å². The number of fused-ring (bicyclic) bond motifs is 7. The minimum Gasteiger partial charge on any atom is -0.493 e. The predicted molar refractivity (Wildman–Crippen MR) is 123 cm³/mol.